The van der Waals surface area contributed by atoms with Crippen LogP contribution in [0.5, 0.6) is 0 Å². The standard InChI is InChI=1S/C27H37Si.3ClH.Ti/c1-18-15-19(2)17-24(16-18)28(25-22(5)20(3)21(4)23(25)6)27(26(7,8)9)13-11-10-12-14-27;;;;/h10-13,15-17,28H,14H2,1-9H3;3*1H;/q-1;;;;+4/p-3. The van der Waals surface area contributed by atoms with Crippen LogP contribution in [0.15, 0.2) is 42.5 Å². The van der Waals surface area contributed by atoms with Crippen molar-refractivity contribution >= 4 is 19.2 Å². The Bertz CT molecular complexity index is 921. The van der Waals surface area contributed by atoms with Gasteiger partial charge in [0, 0.05) is 0 Å². The number of benzene rings is 1. The van der Waals surface area contributed by atoms with Gasteiger partial charge in [0.05, 0.1) is 8.80 Å². The normalized spacial score (nSPS) is 18.0. The van der Waals surface area contributed by atoms with Crippen LogP contribution in [0.4, 0.5) is 0 Å². The van der Waals surface area contributed by atoms with Crippen LogP contribution in [0, 0.1) is 47.0 Å². The van der Waals surface area contributed by atoms with Crippen LogP contribution in [0.25, 0.3) is 0 Å². The summed E-state index contributed by atoms with van der Waals surface area (Å²) in [6.45, 7) is 21.2. The first-order chi connectivity index (χ1) is 13.0. The molecule has 0 heterocycles. The summed E-state index contributed by atoms with van der Waals surface area (Å²) >= 11 is 0. The second-order valence-corrected chi connectivity index (χ2v) is 13.2. The summed E-state index contributed by atoms with van der Waals surface area (Å²) in [5, 5.41) is 3.48. The van der Waals surface area contributed by atoms with Crippen molar-refractivity contribution in [3.8, 4) is 0 Å². The molecule has 174 valence electrons. The molecule has 0 bridgehead atoms. The van der Waals surface area contributed by atoms with E-state index < -0.39 is 8.80 Å². The minimum atomic E-state index is -1.57. The average Bonchev–Trinajstić information content (AvgIpc) is 2.79. The zero-order valence-electron chi connectivity index (χ0n) is 21.0. The molecule has 2 aromatic carbocycles. The number of rotatable bonds is 3. The molecule has 1 aliphatic rings. The molecule has 0 N–H and O–H groups in total. The van der Waals surface area contributed by atoms with Gasteiger partial charge < -0.3 is 37.2 Å². The summed E-state index contributed by atoms with van der Waals surface area (Å²) in [5.74, 6) is 0. The van der Waals surface area contributed by atoms with Gasteiger partial charge in [-0.25, -0.2) is 0 Å². The van der Waals surface area contributed by atoms with Crippen molar-refractivity contribution in [1.82, 2.24) is 0 Å². The number of aryl methyl sites for hydroxylation is 2. The van der Waals surface area contributed by atoms with E-state index in [-0.39, 0.29) is 69.4 Å². The van der Waals surface area contributed by atoms with E-state index in [9.17, 15) is 0 Å². The molecular weight excluding hydrogens is 507 g/mol. The zero-order chi connectivity index (χ0) is 20.9. The summed E-state index contributed by atoms with van der Waals surface area (Å²) in [6, 6.07) is 7.29. The molecule has 0 saturated carbocycles. The molecule has 2 unspecified atom stereocenters. The van der Waals surface area contributed by atoms with Gasteiger partial charge in [0.25, 0.3) is 0 Å². The van der Waals surface area contributed by atoms with E-state index in [2.05, 4.69) is 105 Å². The van der Waals surface area contributed by atoms with Crippen LogP contribution >= 0.6 is 0 Å². The van der Waals surface area contributed by atoms with E-state index in [0.29, 0.717) is 0 Å². The fraction of sp³-hybridized carbons (Fsp3) is 0.444. The molecule has 32 heavy (non-hydrogen) atoms. The third-order valence-electron chi connectivity index (χ3n) is 7.37. The molecule has 0 amide bonds. The van der Waals surface area contributed by atoms with Gasteiger partial charge in [-0.1, -0.05) is 107 Å². The summed E-state index contributed by atoms with van der Waals surface area (Å²) in [5.41, 5.74) is 9.04. The van der Waals surface area contributed by atoms with E-state index in [1.807, 2.05) is 0 Å². The average molecular weight is 544 g/mol. The van der Waals surface area contributed by atoms with Gasteiger partial charge in [-0.15, -0.1) is 0 Å². The molecule has 0 nitrogen and oxygen atoms in total. The van der Waals surface area contributed by atoms with Crippen molar-refractivity contribution in [1.29, 1.82) is 0 Å². The number of halogens is 3. The van der Waals surface area contributed by atoms with Gasteiger partial charge >= 0.3 is 21.7 Å². The summed E-state index contributed by atoms with van der Waals surface area (Å²) in [6.07, 6.45) is 10.7. The molecular formula is C27H37Cl3SiTi. The third-order valence-corrected chi connectivity index (χ3v) is 12.1. The zero-order valence-corrected chi connectivity index (χ0v) is 25.9. The molecule has 2 atom stereocenters. The second-order valence-electron chi connectivity index (χ2n) is 10.0. The molecule has 3 rings (SSSR count). The molecule has 1 aliphatic carbocycles. The molecule has 0 aliphatic heterocycles. The quantitative estimate of drug-likeness (QED) is 0.285. The van der Waals surface area contributed by atoms with Gasteiger partial charge in [-0.05, 0) is 30.7 Å². The van der Waals surface area contributed by atoms with Crippen molar-refractivity contribution in [2.45, 2.75) is 73.8 Å². The minimum Gasteiger partial charge on any atom is -1.00 e. The van der Waals surface area contributed by atoms with Crippen LogP contribution in [0.3, 0.4) is 0 Å². The predicted molar refractivity (Wildman–Crippen MR) is 128 cm³/mol. The number of hydrogen-bond donors (Lipinski definition) is 0. The van der Waals surface area contributed by atoms with Crippen molar-refractivity contribution in [2.75, 3.05) is 0 Å². The Kier molecular flexibility index (Phi) is 13.3. The topological polar surface area (TPSA) is 0 Å². The van der Waals surface area contributed by atoms with Crippen molar-refractivity contribution in [2.24, 2.45) is 5.41 Å². The summed E-state index contributed by atoms with van der Waals surface area (Å²) in [7, 11) is -1.57. The van der Waals surface area contributed by atoms with Gasteiger partial charge in [-0.2, -0.15) is 27.4 Å². The smallest absolute Gasteiger partial charge is 1.00 e. The van der Waals surface area contributed by atoms with Crippen molar-refractivity contribution in [3.05, 3.63) is 75.9 Å². The molecule has 5 heteroatoms. The molecule has 0 radical (unpaired) electrons. The molecule has 0 saturated heterocycles. The van der Waals surface area contributed by atoms with Crippen LogP contribution in [0.1, 0.15) is 60.6 Å². The Morgan fingerprint density at radius 2 is 1.25 bits per heavy atom. The molecule has 0 aromatic heterocycles. The number of hydrogen-bond acceptors (Lipinski definition) is 0. The minimum absolute atomic E-state index is 0. The van der Waals surface area contributed by atoms with E-state index >= 15 is 0 Å². The van der Waals surface area contributed by atoms with Crippen LogP contribution in [-0.4, -0.2) is 8.80 Å². The Hall–Kier alpha value is -0.149. The van der Waals surface area contributed by atoms with Gasteiger partial charge in [0.2, 0.25) is 0 Å². The SMILES string of the molecule is Cc1cc(C)cc([SiH]([c-]2c(C)c(C)c(C)c2C)C2(C(C)(C)C)C=CC=CC2)c1.[Cl-].[Cl-].[Cl-].[Ti+4]. The first kappa shape index (κ1) is 34.0. The first-order valence-corrected chi connectivity index (χ1v) is 12.4. The van der Waals surface area contributed by atoms with Crippen LogP contribution in [-0.2, 0) is 21.7 Å². The third kappa shape index (κ3) is 5.91. The van der Waals surface area contributed by atoms with Crippen molar-refractivity contribution in [3.63, 3.8) is 0 Å². The van der Waals surface area contributed by atoms with Crippen molar-refractivity contribution < 1.29 is 58.9 Å². The molecule has 0 fully saturated rings. The Morgan fingerprint density at radius 3 is 1.62 bits per heavy atom. The largest absolute Gasteiger partial charge is 4.00 e. The Labute approximate surface area is 231 Å². The predicted octanol–water partition coefficient (Wildman–Crippen LogP) is -3.09. The second kappa shape index (κ2) is 12.5. The van der Waals surface area contributed by atoms with Crippen LogP contribution in [0.2, 0.25) is 5.04 Å². The Balaban J connectivity index is 0. The van der Waals surface area contributed by atoms with Gasteiger partial charge in [-0.3, -0.25) is 0 Å². The van der Waals surface area contributed by atoms with E-state index in [1.165, 1.54) is 33.4 Å². The maximum absolute atomic E-state index is 2.57. The van der Waals surface area contributed by atoms with Gasteiger partial charge in [0.15, 0.2) is 0 Å². The van der Waals surface area contributed by atoms with E-state index in [1.54, 1.807) is 10.4 Å². The molecule has 2 aromatic rings. The maximum atomic E-state index is 2.57. The van der Waals surface area contributed by atoms with Crippen LogP contribution < -0.4 is 47.6 Å². The monoisotopic (exact) mass is 542 g/mol. The summed E-state index contributed by atoms with van der Waals surface area (Å²) < 4.78 is 0. The Morgan fingerprint density at radius 1 is 0.781 bits per heavy atom. The van der Waals surface area contributed by atoms with E-state index in [4.69, 9.17) is 0 Å². The maximum Gasteiger partial charge on any atom is 4.00 e. The molecule has 0 spiro atoms. The number of allylic oxidation sites excluding steroid dienone is 4. The van der Waals surface area contributed by atoms with Gasteiger partial charge in [0.1, 0.15) is 0 Å². The van der Waals surface area contributed by atoms with E-state index in [0.717, 1.165) is 6.42 Å². The summed E-state index contributed by atoms with van der Waals surface area (Å²) in [4.78, 5) is 0. The fourth-order valence-electron chi connectivity index (χ4n) is 5.42. The fourth-order valence-corrected chi connectivity index (χ4v) is 10.6. The first-order valence-electron chi connectivity index (χ1n) is 10.6.